The third-order valence-corrected chi connectivity index (χ3v) is 3.34. The highest BCUT2D eigenvalue weighted by molar-refractivity contribution is 5.55. The number of nitrogen functional groups attached to an aromatic ring is 1. The zero-order valence-electron chi connectivity index (χ0n) is 10.8. The summed E-state index contributed by atoms with van der Waals surface area (Å²) in [6.45, 7) is 1.77. The molecule has 7 heteroatoms. The molecule has 2 rings (SSSR count). The van der Waals surface area contributed by atoms with E-state index in [0.29, 0.717) is 11.6 Å². The fraction of sp³-hybridized carbons (Fsp3) is 0.583. The van der Waals surface area contributed by atoms with Crippen LogP contribution < -0.4 is 16.2 Å². The van der Waals surface area contributed by atoms with Gasteiger partial charge in [-0.15, -0.1) is 0 Å². The Balaban J connectivity index is 2.25. The summed E-state index contributed by atoms with van der Waals surface area (Å²) in [5.41, 5.74) is 2.40. The minimum absolute atomic E-state index is 0.0139. The van der Waals surface area contributed by atoms with Gasteiger partial charge in [-0.25, -0.2) is 10.8 Å². The number of nitro groups is 1. The Morgan fingerprint density at radius 2 is 1.84 bits per heavy atom. The Morgan fingerprint density at radius 1 is 1.21 bits per heavy atom. The van der Waals surface area contributed by atoms with Gasteiger partial charge >= 0.3 is 0 Å². The second-order valence-corrected chi connectivity index (χ2v) is 4.73. The van der Waals surface area contributed by atoms with E-state index in [1.807, 2.05) is 0 Å². The molecule has 1 aromatic rings. The van der Waals surface area contributed by atoms with E-state index in [1.54, 1.807) is 0 Å². The number of hydrogen-bond donors (Lipinski definition) is 2. The summed E-state index contributed by atoms with van der Waals surface area (Å²) in [5.74, 6) is 6.27. The van der Waals surface area contributed by atoms with Crippen LogP contribution in [0.5, 0.6) is 0 Å². The normalized spacial score (nSPS) is 16.6. The zero-order chi connectivity index (χ0) is 13.7. The van der Waals surface area contributed by atoms with Crippen molar-refractivity contribution in [2.45, 2.75) is 32.1 Å². The van der Waals surface area contributed by atoms with Crippen LogP contribution in [0, 0.1) is 10.1 Å². The molecule has 0 spiro atoms. The molecular weight excluding hydrogens is 246 g/mol. The molecular formula is C12H19N5O2. The molecule has 0 radical (unpaired) electrons. The van der Waals surface area contributed by atoms with Crippen LogP contribution in [0.25, 0.3) is 0 Å². The molecule has 0 aromatic carbocycles. The minimum Gasteiger partial charge on any atom is -0.356 e. The van der Waals surface area contributed by atoms with Gasteiger partial charge in [0, 0.05) is 13.1 Å². The van der Waals surface area contributed by atoms with Crippen molar-refractivity contribution in [2.75, 3.05) is 23.4 Å². The maximum absolute atomic E-state index is 10.9. The van der Waals surface area contributed by atoms with Crippen molar-refractivity contribution in [2.24, 2.45) is 5.84 Å². The second-order valence-electron chi connectivity index (χ2n) is 4.73. The maximum atomic E-state index is 10.9. The van der Waals surface area contributed by atoms with Crippen LogP contribution in [0.2, 0.25) is 0 Å². The molecule has 2 heterocycles. The number of nitrogens with one attached hydrogen (secondary N) is 1. The first-order valence-corrected chi connectivity index (χ1v) is 6.59. The first-order chi connectivity index (χ1) is 9.20. The highest BCUT2D eigenvalue weighted by atomic mass is 16.6. The first kappa shape index (κ1) is 13.5. The second kappa shape index (κ2) is 6.33. The van der Waals surface area contributed by atoms with Gasteiger partial charge < -0.3 is 10.3 Å². The third-order valence-electron chi connectivity index (χ3n) is 3.34. The third kappa shape index (κ3) is 3.54. The topological polar surface area (TPSA) is 97.3 Å². The van der Waals surface area contributed by atoms with Crippen molar-refractivity contribution >= 4 is 17.3 Å². The minimum atomic E-state index is -0.421. The van der Waals surface area contributed by atoms with E-state index in [2.05, 4.69) is 15.3 Å². The maximum Gasteiger partial charge on any atom is 0.276 e. The summed E-state index contributed by atoms with van der Waals surface area (Å²) >= 11 is 0. The fourth-order valence-corrected chi connectivity index (χ4v) is 2.32. The van der Waals surface area contributed by atoms with Crippen LogP contribution in [-0.2, 0) is 0 Å². The molecule has 0 aliphatic carbocycles. The van der Waals surface area contributed by atoms with E-state index in [4.69, 9.17) is 5.84 Å². The molecule has 1 fully saturated rings. The van der Waals surface area contributed by atoms with E-state index in [0.717, 1.165) is 25.9 Å². The van der Waals surface area contributed by atoms with E-state index in [1.165, 1.54) is 31.4 Å². The molecule has 3 N–H and O–H groups in total. The number of anilines is 2. The van der Waals surface area contributed by atoms with Crippen molar-refractivity contribution in [1.29, 1.82) is 0 Å². The quantitative estimate of drug-likeness (QED) is 0.493. The first-order valence-electron chi connectivity index (χ1n) is 6.59. The number of hydrazine groups is 1. The molecule has 1 aliphatic heterocycles. The molecule has 0 saturated carbocycles. The number of nitrogens with zero attached hydrogens (tertiary/aromatic N) is 3. The lowest BCUT2D eigenvalue weighted by atomic mass is 10.1. The van der Waals surface area contributed by atoms with Crippen LogP contribution in [-0.4, -0.2) is 23.0 Å². The standard InChI is InChI=1S/C12H19N5O2/c13-15-11-8-10(17(18)19)9-12(14-11)16-6-4-2-1-3-5-7-16/h8-9H,1-7,13H2,(H,14,15). The lowest BCUT2D eigenvalue weighted by molar-refractivity contribution is -0.384. The van der Waals surface area contributed by atoms with E-state index in [9.17, 15) is 10.1 Å². The Kier molecular flexibility index (Phi) is 4.51. The number of hydrogen-bond acceptors (Lipinski definition) is 6. The summed E-state index contributed by atoms with van der Waals surface area (Å²) in [6, 6.07) is 2.86. The van der Waals surface area contributed by atoms with E-state index >= 15 is 0 Å². The number of aromatic nitrogens is 1. The van der Waals surface area contributed by atoms with Crippen LogP contribution >= 0.6 is 0 Å². The highest BCUT2D eigenvalue weighted by Crippen LogP contribution is 2.24. The lowest BCUT2D eigenvalue weighted by Gasteiger charge is -2.25. The van der Waals surface area contributed by atoms with Crippen molar-refractivity contribution in [3.63, 3.8) is 0 Å². The number of pyridine rings is 1. The van der Waals surface area contributed by atoms with Gasteiger partial charge in [-0.3, -0.25) is 10.1 Å². The number of rotatable bonds is 3. The summed E-state index contributed by atoms with van der Waals surface area (Å²) in [4.78, 5) is 16.9. The predicted octanol–water partition coefficient (Wildman–Crippen LogP) is 2.05. The van der Waals surface area contributed by atoms with E-state index in [-0.39, 0.29) is 5.69 Å². The Bertz CT molecular complexity index is 444. The largest absolute Gasteiger partial charge is 0.356 e. The summed E-state index contributed by atoms with van der Waals surface area (Å²) in [5, 5.41) is 10.9. The van der Waals surface area contributed by atoms with Gasteiger partial charge in [-0.1, -0.05) is 19.3 Å². The van der Waals surface area contributed by atoms with Gasteiger partial charge in [0.05, 0.1) is 17.1 Å². The molecule has 1 aliphatic rings. The van der Waals surface area contributed by atoms with Crippen molar-refractivity contribution < 1.29 is 4.92 Å². The molecule has 0 amide bonds. The Morgan fingerprint density at radius 3 is 2.42 bits per heavy atom. The van der Waals surface area contributed by atoms with Gasteiger partial charge in [0.2, 0.25) is 0 Å². The molecule has 0 unspecified atom stereocenters. The molecule has 1 saturated heterocycles. The molecule has 0 bridgehead atoms. The van der Waals surface area contributed by atoms with Crippen molar-refractivity contribution in [1.82, 2.24) is 4.98 Å². The van der Waals surface area contributed by atoms with Crippen molar-refractivity contribution in [3.05, 3.63) is 22.2 Å². The van der Waals surface area contributed by atoms with Crippen LogP contribution in [0.15, 0.2) is 12.1 Å². The SMILES string of the molecule is NNc1cc([N+](=O)[O-])cc(N2CCCCCCC2)n1. The van der Waals surface area contributed by atoms with E-state index < -0.39 is 4.92 Å². The average Bonchev–Trinajstić information content (AvgIpc) is 2.37. The van der Waals surface area contributed by atoms with Crippen LogP contribution in [0.4, 0.5) is 17.3 Å². The molecule has 0 atom stereocenters. The summed E-state index contributed by atoms with van der Waals surface area (Å²) in [6.07, 6.45) is 5.86. The predicted molar refractivity (Wildman–Crippen MR) is 74.0 cm³/mol. The fourth-order valence-electron chi connectivity index (χ4n) is 2.32. The molecule has 1 aromatic heterocycles. The summed E-state index contributed by atoms with van der Waals surface area (Å²) in [7, 11) is 0. The monoisotopic (exact) mass is 265 g/mol. The molecule has 19 heavy (non-hydrogen) atoms. The molecule has 7 nitrogen and oxygen atoms in total. The zero-order valence-corrected chi connectivity index (χ0v) is 10.8. The Hall–Kier alpha value is -1.89. The van der Waals surface area contributed by atoms with Gasteiger partial charge in [0.15, 0.2) is 0 Å². The molecule has 104 valence electrons. The van der Waals surface area contributed by atoms with Crippen LogP contribution in [0.1, 0.15) is 32.1 Å². The smallest absolute Gasteiger partial charge is 0.276 e. The van der Waals surface area contributed by atoms with Gasteiger partial charge in [0.25, 0.3) is 5.69 Å². The van der Waals surface area contributed by atoms with Gasteiger partial charge in [-0.2, -0.15) is 0 Å². The van der Waals surface area contributed by atoms with Gasteiger partial charge in [0.1, 0.15) is 11.6 Å². The lowest BCUT2D eigenvalue weighted by Crippen LogP contribution is -2.28. The highest BCUT2D eigenvalue weighted by Gasteiger charge is 2.16. The van der Waals surface area contributed by atoms with Crippen molar-refractivity contribution in [3.8, 4) is 0 Å². The van der Waals surface area contributed by atoms with Gasteiger partial charge in [-0.05, 0) is 12.8 Å². The average molecular weight is 265 g/mol. The Labute approximate surface area is 111 Å². The number of nitrogens with two attached hydrogens (primary N) is 1. The van der Waals surface area contributed by atoms with Crippen LogP contribution in [0.3, 0.4) is 0 Å². The summed E-state index contributed by atoms with van der Waals surface area (Å²) < 4.78 is 0.